The van der Waals surface area contributed by atoms with Crippen LogP contribution in [0.2, 0.25) is 5.02 Å². The molecule has 164 valence electrons. The van der Waals surface area contributed by atoms with Gasteiger partial charge >= 0.3 is 0 Å². The number of nitrogens with one attached hydrogen (secondary N) is 2. The van der Waals surface area contributed by atoms with Gasteiger partial charge in [-0.25, -0.2) is 13.4 Å². The quantitative estimate of drug-likeness (QED) is 0.450. The summed E-state index contributed by atoms with van der Waals surface area (Å²) in [6.45, 7) is 2.86. The molecule has 31 heavy (non-hydrogen) atoms. The molecule has 0 saturated heterocycles. The molecule has 0 aliphatic heterocycles. The van der Waals surface area contributed by atoms with Crippen LogP contribution in [0.4, 0.5) is 5.69 Å². The third-order valence-electron chi connectivity index (χ3n) is 4.39. The van der Waals surface area contributed by atoms with Crippen molar-refractivity contribution >= 4 is 33.2 Å². The first kappa shape index (κ1) is 22.6. The summed E-state index contributed by atoms with van der Waals surface area (Å²) < 4.78 is 35.2. The first-order valence-corrected chi connectivity index (χ1v) is 11.4. The van der Waals surface area contributed by atoms with Gasteiger partial charge < -0.3 is 14.6 Å². The summed E-state index contributed by atoms with van der Waals surface area (Å²) in [7, 11) is -3.76. The van der Waals surface area contributed by atoms with E-state index in [9.17, 15) is 13.2 Å². The Morgan fingerprint density at radius 3 is 2.65 bits per heavy atom. The third kappa shape index (κ3) is 6.73. The molecule has 2 N–H and O–H groups in total. The van der Waals surface area contributed by atoms with E-state index in [4.69, 9.17) is 16.3 Å². The normalized spacial score (nSPS) is 11.2. The maximum atomic E-state index is 12.6. The lowest BCUT2D eigenvalue weighted by Crippen LogP contribution is -2.30. The van der Waals surface area contributed by atoms with Crippen LogP contribution in [0.1, 0.15) is 12.0 Å². The maximum Gasteiger partial charge on any atom is 0.261 e. The molecule has 8 nitrogen and oxygen atoms in total. The fourth-order valence-electron chi connectivity index (χ4n) is 2.79. The van der Waals surface area contributed by atoms with Crippen molar-refractivity contribution in [1.82, 2.24) is 14.9 Å². The Morgan fingerprint density at radius 1 is 1.19 bits per heavy atom. The second-order valence-electron chi connectivity index (χ2n) is 6.83. The van der Waals surface area contributed by atoms with E-state index in [2.05, 4.69) is 15.0 Å². The Kier molecular flexibility index (Phi) is 7.54. The number of benzene rings is 2. The summed E-state index contributed by atoms with van der Waals surface area (Å²) in [5.41, 5.74) is 1.01. The van der Waals surface area contributed by atoms with Gasteiger partial charge in [-0.15, -0.1) is 0 Å². The number of anilines is 1. The molecule has 1 aromatic heterocycles. The lowest BCUT2D eigenvalue weighted by Gasteiger charge is -2.12. The van der Waals surface area contributed by atoms with Gasteiger partial charge in [0.2, 0.25) is 0 Å². The molecule has 2 aromatic carbocycles. The van der Waals surface area contributed by atoms with Crippen molar-refractivity contribution in [1.29, 1.82) is 0 Å². The second-order valence-corrected chi connectivity index (χ2v) is 8.95. The molecule has 0 radical (unpaired) electrons. The number of amides is 1. The number of aromatic nitrogens is 2. The average Bonchev–Trinajstić information content (AvgIpc) is 3.25. The molecule has 10 heteroatoms. The highest BCUT2D eigenvalue weighted by Crippen LogP contribution is 2.24. The number of ether oxygens (including phenoxy) is 1. The summed E-state index contributed by atoms with van der Waals surface area (Å²) in [5, 5.41) is 3.30. The van der Waals surface area contributed by atoms with Gasteiger partial charge in [0.15, 0.2) is 6.61 Å². The monoisotopic (exact) mass is 462 g/mol. The SMILES string of the molecule is Cc1cc(S(=O)(=O)Nc2ccc(Cl)cc2)ccc1OCC(=O)NCCCn1ccnc1. The molecular weight excluding hydrogens is 440 g/mol. The summed E-state index contributed by atoms with van der Waals surface area (Å²) in [6, 6.07) is 10.8. The highest BCUT2D eigenvalue weighted by molar-refractivity contribution is 7.92. The van der Waals surface area contributed by atoms with Crippen LogP contribution in [0.5, 0.6) is 5.75 Å². The molecule has 0 aliphatic rings. The van der Waals surface area contributed by atoms with Crippen LogP contribution in [0, 0.1) is 6.92 Å². The number of carbonyl (C=O) groups excluding carboxylic acids is 1. The van der Waals surface area contributed by atoms with Crippen LogP contribution < -0.4 is 14.8 Å². The minimum absolute atomic E-state index is 0.0938. The van der Waals surface area contributed by atoms with E-state index in [0.29, 0.717) is 28.6 Å². The average molecular weight is 463 g/mol. The summed E-state index contributed by atoms with van der Waals surface area (Å²) in [5.74, 6) is 0.199. The van der Waals surface area contributed by atoms with E-state index in [1.54, 1.807) is 43.7 Å². The van der Waals surface area contributed by atoms with Crippen LogP contribution in [-0.2, 0) is 21.4 Å². The van der Waals surface area contributed by atoms with E-state index < -0.39 is 10.0 Å². The number of rotatable bonds is 10. The Balaban J connectivity index is 1.50. The summed E-state index contributed by atoms with van der Waals surface area (Å²) in [6.07, 6.45) is 6.07. The molecule has 0 unspecified atom stereocenters. The fraction of sp³-hybridized carbons (Fsp3) is 0.238. The van der Waals surface area contributed by atoms with Gasteiger partial charge in [-0.2, -0.15) is 0 Å². The molecule has 3 aromatic rings. The zero-order valence-electron chi connectivity index (χ0n) is 16.9. The second kappa shape index (κ2) is 10.3. The topological polar surface area (TPSA) is 102 Å². The largest absolute Gasteiger partial charge is 0.484 e. The Hall–Kier alpha value is -3.04. The van der Waals surface area contributed by atoms with Gasteiger partial charge in [-0.3, -0.25) is 9.52 Å². The highest BCUT2D eigenvalue weighted by atomic mass is 35.5. The van der Waals surface area contributed by atoms with E-state index in [0.717, 1.165) is 13.0 Å². The molecule has 3 rings (SSSR count). The molecule has 1 amide bonds. The highest BCUT2D eigenvalue weighted by Gasteiger charge is 2.16. The van der Waals surface area contributed by atoms with E-state index in [-0.39, 0.29) is 17.4 Å². The smallest absolute Gasteiger partial charge is 0.261 e. The zero-order chi connectivity index (χ0) is 22.3. The van der Waals surface area contributed by atoms with Crippen molar-refractivity contribution in [3.05, 3.63) is 71.8 Å². The number of hydrogen-bond acceptors (Lipinski definition) is 5. The number of imidazole rings is 1. The van der Waals surface area contributed by atoms with Gasteiger partial charge in [-0.05, 0) is 61.4 Å². The van der Waals surface area contributed by atoms with Gasteiger partial charge in [0.05, 0.1) is 11.2 Å². The number of sulfonamides is 1. The number of hydrogen-bond donors (Lipinski definition) is 2. The zero-order valence-corrected chi connectivity index (χ0v) is 18.5. The Morgan fingerprint density at radius 2 is 1.97 bits per heavy atom. The molecule has 0 spiro atoms. The standard InChI is InChI=1S/C21H23ClN4O4S/c1-16-13-19(31(28,29)25-18-5-3-17(22)4-6-18)7-8-20(16)30-14-21(27)24-9-2-11-26-12-10-23-15-26/h3-8,10,12-13,15,25H,2,9,11,14H2,1H3,(H,24,27). The van der Waals surface area contributed by atoms with Gasteiger partial charge in [-0.1, -0.05) is 11.6 Å². The first-order chi connectivity index (χ1) is 14.8. The Labute approximate surface area is 186 Å². The lowest BCUT2D eigenvalue weighted by molar-refractivity contribution is -0.123. The van der Waals surface area contributed by atoms with Gasteiger partial charge in [0.25, 0.3) is 15.9 Å². The first-order valence-electron chi connectivity index (χ1n) is 9.58. The summed E-state index contributed by atoms with van der Waals surface area (Å²) >= 11 is 5.82. The third-order valence-corrected chi connectivity index (χ3v) is 6.02. The number of carbonyl (C=O) groups is 1. The van der Waals surface area contributed by atoms with Crippen molar-refractivity contribution in [2.75, 3.05) is 17.9 Å². The molecule has 1 heterocycles. The fourth-order valence-corrected chi connectivity index (χ4v) is 4.06. The van der Waals surface area contributed by atoms with E-state index in [1.165, 1.54) is 18.2 Å². The summed E-state index contributed by atoms with van der Waals surface area (Å²) in [4.78, 5) is 16.0. The maximum absolute atomic E-state index is 12.6. The van der Waals surface area contributed by atoms with Crippen LogP contribution in [-0.4, -0.2) is 37.0 Å². The number of nitrogens with zero attached hydrogens (tertiary/aromatic N) is 2. The van der Waals surface area contributed by atoms with Crippen molar-refractivity contribution < 1.29 is 17.9 Å². The van der Waals surface area contributed by atoms with E-state index >= 15 is 0 Å². The van der Waals surface area contributed by atoms with Crippen LogP contribution >= 0.6 is 11.6 Å². The number of halogens is 1. The van der Waals surface area contributed by atoms with Gasteiger partial charge in [0, 0.05) is 36.2 Å². The lowest BCUT2D eigenvalue weighted by atomic mass is 10.2. The van der Waals surface area contributed by atoms with Crippen molar-refractivity contribution in [3.63, 3.8) is 0 Å². The van der Waals surface area contributed by atoms with Gasteiger partial charge in [0.1, 0.15) is 5.75 Å². The van der Waals surface area contributed by atoms with Crippen LogP contribution in [0.15, 0.2) is 66.1 Å². The minimum Gasteiger partial charge on any atom is -0.484 e. The molecule has 0 aliphatic carbocycles. The van der Waals surface area contributed by atoms with Crippen LogP contribution in [0.25, 0.3) is 0 Å². The molecule has 0 saturated carbocycles. The molecule has 0 bridgehead atoms. The molecule has 0 atom stereocenters. The van der Waals surface area contributed by atoms with E-state index in [1.807, 2.05) is 10.8 Å². The number of aryl methyl sites for hydroxylation is 2. The Bertz CT molecular complexity index is 1120. The minimum atomic E-state index is -3.76. The molecular formula is C21H23ClN4O4S. The van der Waals surface area contributed by atoms with Crippen molar-refractivity contribution in [2.24, 2.45) is 0 Å². The molecule has 0 fully saturated rings. The predicted molar refractivity (Wildman–Crippen MR) is 119 cm³/mol. The van der Waals surface area contributed by atoms with Crippen LogP contribution in [0.3, 0.4) is 0 Å². The predicted octanol–water partition coefficient (Wildman–Crippen LogP) is 3.23. The van der Waals surface area contributed by atoms with Crippen molar-refractivity contribution in [3.8, 4) is 5.75 Å². The van der Waals surface area contributed by atoms with Crippen molar-refractivity contribution in [2.45, 2.75) is 24.8 Å².